The first-order chi connectivity index (χ1) is 9.16. The number of fused-ring (bicyclic) bond motifs is 1. The van der Waals surface area contributed by atoms with Gasteiger partial charge in [-0.1, -0.05) is 29.8 Å². The summed E-state index contributed by atoms with van der Waals surface area (Å²) in [6.07, 6.45) is 2.35. The zero-order valence-electron chi connectivity index (χ0n) is 10.4. The van der Waals surface area contributed by atoms with Crippen molar-refractivity contribution in [2.24, 2.45) is 11.0 Å². The highest BCUT2D eigenvalue weighted by Crippen LogP contribution is 2.35. The number of carbonyl (C=O) groups excluding carboxylic acids is 1. The van der Waals surface area contributed by atoms with Gasteiger partial charge in [-0.2, -0.15) is 5.10 Å². The van der Waals surface area contributed by atoms with Gasteiger partial charge >= 0.3 is 0 Å². The molecular weight excluding hydrogens is 280 g/mol. The molecule has 0 spiro atoms. The summed E-state index contributed by atoms with van der Waals surface area (Å²) in [5.74, 6) is 0.323. The lowest BCUT2D eigenvalue weighted by Gasteiger charge is -1.99. The minimum atomic E-state index is -0.230. The number of hydrogen-bond donors (Lipinski definition) is 1. The van der Waals surface area contributed by atoms with E-state index in [1.807, 2.05) is 31.2 Å². The number of halogens is 1. The number of carbonyl (C=O) groups is 1. The highest BCUT2D eigenvalue weighted by Gasteiger charge is 2.25. The van der Waals surface area contributed by atoms with Crippen LogP contribution < -0.4 is 5.43 Å². The van der Waals surface area contributed by atoms with E-state index in [-0.39, 0.29) is 5.91 Å². The number of nitrogens with zero attached hydrogens (tertiary/aromatic N) is 1. The van der Waals surface area contributed by atoms with E-state index in [2.05, 4.69) is 10.5 Å². The molecule has 0 saturated heterocycles. The lowest BCUT2D eigenvalue weighted by molar-refractivity contribution is 0.0959. The lowest BCUT2D eigenvalue weighted by Crippen LogP contribution is -2.18. The second-order valence-electron chi connectivity index (χ2n) is 4.71. The van der Waals surface area contributed by atoms with Crippen LogP contribution in [0.3, 0.4) is 0 Å². The normalized spacial score (nSPS) is 15.8. The Kier molecular flexibility index (Phi) is 3.29. The summed E-state index contributed by atoms with van der Waals surface area (Å²) in [4.78, 5) is 12.6. The Hall–Kier alpha value is -1.39. The van der Waals surface area contributed by atoms with Crippen molar-refractivity contribution in [1.82, 2.24) is 5.43 Å². The van der Waals surface area contributed by atoms with Gasteiger partial charge in [-0.25, -0.2) is 5.43 Å². The van der Waals surface area contributed by atoms with Gasteiger partial charge in [0.25, 0.3) is 5.91 Å². The fraction of sp³-hybridized carbons (Fsp3) is 0.286. The molecule has 1 fully saturated rings. The van der Waals surface area contributed by atoms with Crippen molar-refractivity contribution < 1.29 is 4.79 Å². The smallest absolute Gasteiger partial charge is 0.266 e. The molecule has 98 valence electrons. The van der Waals surface area contributed by atoms with Crippen LogP contribution in [-0.2, 0) is 0 Å². The molecule has 0 bridgehead atoms. The molecule has 1 amide bonds. The minimum Gasteiger partial charge on any atom is -0.266 e. The van der Waals surface area contributed by atoms with Gasteiger partial charge in [-0.3, -0.25) is 4.79 Å². The molecule has 1 aliphatic carbocycles. The molecule has 0 radical (unpaired) electrons. The summed E-state index contributed by atoms with van der Waals surface area (Å²) in [5.41, 5.74) is 3.59. The van der Waals surface area contributed by atoms with Crippen LogP contribution in [0.1, 0.15) is 29.4 Å². The van der Waals surface area contributed by atoms with Crippen LogP contribution in [0, 0.1) is 5.92 Å². The number of hydrazone groups is 1. The topological polar surface area (TPSA) is 41.5 Å². The number of rotatable bonds is 3. The zero-order valence-corrected chi connectivity index (χ0v) is 12.0. The van der Waals surface area contributed by atoms with E-state index in [9.17, 15) is 4.79 Å². The molecule has 1 heterocycles. The molecule has 1 aromatic heterocycles. The van der Waals surface area contributed by atoms with E-state index in [0.29, 0.717) is 15.8 Å². The summed E-state index contributed by atoms with van der Waals surface area (Å²) >= 11 is 7.64. The number of nitrogens with one attached hydrogen (secondary N) is 1. The van der Waals surface area contributed by atoms with Gasteiger partial charge in [-0.05, 0) is 31.7 Å². The van der Waals surface area contributed by atoms with Crippen molar-refractivity contribution >= 4 is 44.6 Å². The maximum atomic E-state index is 12.1. The maximum absolute atomic E-state index is 12.1. The molecule has 19 heavy (non-hydrogen) atoms. The van der Waals surface area contributed by atoms with Gasteiger partial charge in [-0.15, -0.1) is 11.3 Å². The van der Waals surface area contributed by atoms with Crippen LogP contribution in [0.25, 0.3) is 10.1 Å². The first-order valence-corrected chi connectivity index (χ1v) is 7.38. The van der Waals surface area contributed by atoms with Gasteiger partial charge < -0.3 is 0 Å². The molecule has 3 rings (SSSR count). The maximum Gasteiger partial charge on any atom is 0.283 e. The Bertz CT molecular complexity index is 673. The zero-order chi connectivity index (χ0) is 13.4. The van der Waals surface area contributed by atoms with Crippen molar-refractivity contribution in [2.45, 2.75) is 19.8 Å². The second-order valence-corrected chi connectivity index (χ2v) is 6.14. The minimum absolute atomic E-state index is 0.230. The highest BCUT2D eigenvalue weighted by atomic mass is 35.5. The molecule has 1 aromatic carbocycles. The number of hydrogen-bond acceptors (Lipinski definition) is 3. The molecule has 1 saturated carbocycles. The molecular formula is C14H13ClN2OS. The third-order valence-corrected chi connectivity index (χ3v) is 4.92. The summed E-state index contributed by atoms with van der Waals surface area (Å²) < 4.78 is 1.01. The summed E-state index contributed by atoms with van der Waals surface area (Å²) in [7, 11) is 0. The Morgan fingerprint density at radius 3 is 2.84 bits per heavy atom. The monoisotopic (exact) mass is 292 g/mol. The Labute approximate surface area is 120 Å². The largest absolute Gasteiger partial charge is 0.283 e. The van der Waals surface area contributed by atoms with E-state index >= 15 is 0 Å². The molecule has 2 aromatic rings. The van der Waals surface area contributed by atoms with Gasteiger partial charge in [0.2, 0.25) is 0 Å². The molecule has 0 atom stereocenters. The van der Waals surface area contributed by atoms with E-state index in [4.69, 9.17) is 11.6 Å². The fourth-order valence-corrected chi connectivity index (χ4v) is 3.35. The third kappa shape index (κ3) is 2.51. The number of thiophene rings is 1. The van der Waals surface area contributed by atoms with E-state index in [1.54, 1.807) is 0 Å². The van der Waals surface area contributed by atoms with Gasteiger partial charge in [0.05, 0.1) is 5.02 Å². The standard InChI is InChI=1S/C14H13ClN2OS/c1-8(9-6-7-9)16-17-14(18)13-12(15)10-4-2-3-5-11(10)19-13/h2-5,9H,6-7H2,1H3,(H,17,18). The summed E-state index contributed by atoms with van der Waals surface area (Å²) in [6, 6.07) is 7.73. The molecule has 1 aliphatic rings. The van der Waals surface area contributed by atoms with E-state index < -0.39 is 0 Å². The average Bonchev–Trinajstić information content (AvgIpc) is 3.21. The van der Waals surface area contributed by atoms with Crippen molar-refractivity contribution in [3.05, 3.63) is 34.2 Å². The van der Waals surface area contributed by atoms with Crippen LogP contribution in [0.2, 0.25) is 5.02 Å². The van der Waals surface area contributed by atoms with Gasteiger partial charge in [0, 0.05) is 15.8 Å². The molecule has 0 aliphatic heterocycles. The quantitative estimate of drug-likeness (QED) is 0.672. The predicted molar refractivity (Wildman–Crippen MR) is 80.1 cm³/mol. The Morgan fingerprint density at radius 2 is 2.16 bits per heavy atom. The summed E-state index contributed by atoms with van der Waals surface area (Å²) in [6.45, 7) is 1.95. The van der Waals surface area contributed by atoms with Crippen LogP contribution in [0.5, 0.6) is 0 Å². The molecule has 5 heteroatoms. The molecule has 0 unspecified atom stereocenters. The second kappa shape index (κ2) is 4.94. The van der Waals surface area contributed by atoms with Crippen molar-refractivity contribution in [1.29, 1.82) is 0 Å². The van der Waals surface area contributed by atoms with Crippen LogP contribution in [-0.4, -0.2) is 11.6 Å². The van der Waals surface area contributed by atoms with Crippen LogP contribution in [0.4, 0.5) is 0 Å². The lowest BCUT2D eigenvalue weighted by atomic mass is 10.2. The first kappa shape index (κ1) is 12.6. The molecule has 1 N–H and O–H groups in total. The third-order valence-electron chi connectivity index (χ3n) is 3.24. The number of amides is 1. The van der Waals surface area contributed by atoms with Crippen LogP contribution >= 0.6 is 22.9 Å². The summed E-state index contributed by atoms with van der Waals surface area (Å²) in [5, 5.41) is 5.57. The van der Waals surface area contributed by atoms with Crippen molar-refractivity contribution in [2.75, 3.05) is 0 Å². The van der Waals surface area contributed by atoms with Crippen molar-refractivity contribution in [3.63, 3.8) is 0 Å². The SMILES string of the molecule is CC(=NNC(=O)c1sc2ccccc2c1Cl)C1CC1. The average molecular weight is 293 g/mol. The Balaban J connectivity index is 1.85. The Morgan fingerprint density at radius 1 is 1.42 bits per heavy atom. The number of benzene rings is 1. The van der Waals surface area contributed by atoms with Crippen LogP contribution in [0.15, 0.2) is 29.4 Å². The first-order valence-electron chi connectivity index (χ1n) is 6.18. The predicted octanol–water partition coefficient (Wildman–Crippen LogP) is 4.07. The van der Waals surface area contributed by atoms with Crippen molar-refractivity contribution in [3.8, 4) is 0 Å². The highest BCUT2D eigenvalue weighted by molar-refractivity contribution is 7.21. The van der Waals surface area contributed by atoms with E-state index in [0.717, 1.165) is 15.8 Å². The fourth-order valence-electron chi connectivity index (χ4n) is 1.94. The van der Waals surface area contributed by atoms with Gasteiger partial charge in [0.1, 0.15) is 4.88 Å². The van der Waals surface area contributed by atoms with E-state index in [1.165, 1.54) is 24.2 Å². The molecule has 3 nitrogen and oxygen atoms in total. The van der Waals surface area contributed by atoms with Gasteiger partial charge in [0.15, 0.2) is 0 Å².